The molecule has 190 valence electrons. The molecule has 0 aliphatic rings. The van der Waals surface area contributed by atoms with Gasteiger partial charge in [-0.1, -0.05) is 55.8 Å². The standard InChI is InChI=1S/C25H32ClN3O6/c1-14(2)19(27)13-35-21-12-17(26)9-10-18(21)23(31)28-20(11-16-7-5-4-6-8-16)24(32)29-22(15(3)30)25(33)34/h4-10,12,14-15,19-20,22,30H,11,13,27H2,1-3H3,(H,28,31)(H,29,32)(H,33,34)/t15-,19-,20+,22+/m1/s1. The van der Waals surface area contributed by atoms with Crippen molar-refractivity contribution in [3.63, 3.8) is 0 Å². The van der Waals surface area contributed by atoms with Crippen LogP contribution in [0.2, 0.25) is 5.02 Å². The lowest BCUT2D eigenvalue weighted by Crippen LogP contribution is -2.55. The number of ether oxygens (including phenoxy) is 1. The number of carbonyl (C=O) groups is 3. The molecule has 0 radical (unpaired) electrons. The second-order valence-electron chi connectivity index (χ2n) is 8.64. The zero-order valence-corrected chi connectivity index (χ0v) is 20.7. The van der Waals surface area contributed by atoms with Gasteiger partial charge in [-0.05, 0) is 36.6 Å². The van der Waals surface area contributed by atoms with Crippen molar-refractivity contribution in [2.45, 2.75) is 51.4 Å². The lowest BCUT2D eigenvalue weighted by atomic mass is 10.0. The van der Waals surface area contributed by atoms with Gasteiger partial charge in [0.15, 0.2) is 6.04 Å². The predicted octanol–water partition coefficient (Wildman–Crippen LogP) is 1.99. The highest BCUT2D eigenvalue weighted by Gasteiger charge is 2.30. The average Bonchev–Trinajstić information content (AvgIpc) is 2.80. The van der Waals surface area contributed by atoms with E-state index in [0.29, 0.717) is 5.02 Å². The van der Waals surface area contributed by atoms with E-state index < -0.39 is 36.0 Å². The Labute approximate surface area is 209 Å². The number of nitrogens with two attached hydrogens (primary N) is 1. The number of nitrogens with one attached hydrogen (secondary N) is 2. The van der Waals surface area contributed by atoms with E-state index in [1.807, 2.05) is 19.9 Å². The van der Waals surface area contributed by atoms with Crippen molar-refractivity contribution >= 4 is 29.4 Å². The first-order valence-electron chi connectivity index (χ1n) is 11.2. The van der Waals surface area contributed by atoms with Crippen LogP contribution >= 0.6 is 11.6 Å². The third-order valence-electron chi connectivity index (χ3n) is 5.43. The molecule has 0 saturated carbocycles. The van der Waals surface area contributed by atoms with Crippen LogP contribution in [0.3, 0.4) is 0 Å². The van der Waals surface area contributed by atoms with Crippen LogP contribution in [-0.4, -0.2) is 58.8 Å². The Hall–Kier alpha value is -3.14. The Kier molecular flexibility index (Phi) is 10.5. The van der Waals surface area contributed by atoms with Crippen LogP contribution in [0.5, 0.6) is 5.75 Å². The lowest BCUT2D eigenvalue weighted by Gasteiger charge is -2.23. The van der Waals surface area contributed by atoms with E-state index in [9.17, 15) is 24.6 Å². The highest BCUT2D eigenvalue weighted by molar-refractivity contribution is 6.30. The maximum atomic E-state index is 13.2. The maximum Gasteiger partial charge on any atom is 0.328 e. The van der Waals surface area contributed by atoms with E-state index in [1.54, 1.807) is 24.3 Å². The molecule has 35 heavy (non-hydrogen) atoms. The number of carboxylic acid groups (broad SMARTS) is 1. The summed E-state index contributed by atoms with van der Waals surface area (Å²) in [5, 5.41) is 24.4. The molecule has 2 rings (SSSR count). The van der Waals surface area contributed by atoms with Crippen molar-refractivity contribution in [2.75, 3.05) is 6.61 Å². The zero-order valence-electron chi connectivity index (χ0n) is 19.9. The Bertz CT molecular complexity index is 1020. The molecule has 0 aliphatic carbocycles. The van der Waals surface area contributed by atoms with Crippen LogP contribution in [0.25, 0.3) is 0 Å². The maximum absolute atomic E-state index is 13.2. The molecule has 2 aromatic rings. The fourth-order valence-corrected chi connectivity index (χ4v) is 3.28. The molecular weight excluding hydrogens is 474 g/mol. The molecule has 0 fully saturated rings. The molecule has 0 spiro atoms. The minimum Gasteiger partial charge on any atom is -0.491 e. The van der Waals surface area contributed by atoms with Gasteiger partial charge in [-0.3, -0.25) is 9.59 Å². The zero-order chi connectivity index (χ0) is 26.1. The van der Waals surface area contributed by atoms with Gasteiger partial charge in [-0.15, -0.1) is 0 Å². The fraction of sp³-hybridized carbons (Fsp3) is 0.400. The Morgan fingerprint density at radius 3 is 2.29 bits per heavy atom. The molecule has 9 nitrogen and oxygen atoms in total. The van der Waals surface area contributed by atoms with Crippen LogP contribution in [-0.2, 0) is 16.0 Å². The first kappa shape index (κ1) is 28.1. The molecule has 6 N–H and O–H groups in total. The van der Waals surface area contributed by atoms with Crippen LogP contribution < -0.4 is 21.1 Å². The number of aliphatic carboxylic acids is 1. The van der Waals surface area contributed by atoms with Gasteiger partial charge in [0.1, 0.15) is 18.4 Å². The third-order valence-corrected chi connectivity index (χ3v) is 5.66. The topological polar surface area (TPSA) is 151 Å². The Morgan fingerprint density at radius 1 is 1.06 bits per heavy atom. The molecule has 0 heterocycles. The van der Waals surface area contributed by atoms with Crippen molar-refractivity contribution in [1.82, 2.24) is 10.6 Å². The van der Waals surface area contributed by atoms with E-state index >= 15 is 0 Å². The first-order valence-corrected chi connectivity index (χ1v) is 11.6. The number of hydrogen-bond donors (Lipinski definition) is 5. The van der Waals surface area contributed by atoms with Crippen LogP contribution in [0.15, 0.2) is 48.5 Å². The van der Waals surface area contributed by atoms with Gasteiger partial charge in [-0.2, -0.15) is 0 Å². The molecule has 10 heteroatoms. The largest absolute Gasteiger partial charge is 0.491 e. The second kappa shape index (κ2) is 13.1. The summed E-state index contributed by atoms with van der Waals surface area (Å²) >= 11 is 6.09. The van der Waals surface area contributed by atoms with Gasteiger partial charge in [0.05, 0.1) is 11.7 Å². The van der Waals surface area contributed by atoms with Crippen LogP contribution in [0.4, 0.5) is 0 Å². The van der Waals surface area contributed by atoms with Gasteiger partial charge in [0, 0.05) is 17.5 Å². The summed E-state index contributed by atoms with van der Waals surface area (Å²) in [5.41, 5.74) is 6.93. The van der Waals surface area contributed by atoms with Gasteiger partial charge in [0.25, 0.3) is 5.91 Å². The third kappa shape index (κ3) is 8.54. The molecular formula is C25H32ClN3O6. The highest BCUT2D eigenvalue weighted by atomic mass is 35.5. The van der Waals surface area contributed by atoms with Crippen molar-refractivity contribution in [3.05, 3.63) is 64.7 Å². The monoisotopic (exact) mass is 505 g/mol. The summed E-state index contributed by atoms with van der Waals surface area (Å²) in [7, 11) is 0. The molecule has 0 aromatic heterocycles. The number of aliphatic hydroxyl groups is 1. The smallest absolute Gasteiger partial charge is 0.328 e. The van der Waals surface area contributed by atoms with Crippen molar-refractivity contribution in [1.29, 1.82) is 0 Å². The van der Waals surface area contributed by atoms with Crippen molar-refractivity contribution in [2.24, 2.45) is 11.7 Å². The van der Waals surface area contributed by atoms with E-state index in [0.717, 1.165) is 5.56 Å². The van der Waals surface area contributed by atoms with Gasteiger partial charge < -0.3 is 31.3 Å². The number of benzene rings is 2. The number of carbonyl (C=O) groups excluding carboxylic acids is 2. The fourth-order valence-electron chi connectivity index (χ4n) is 3.12. The number of hydrogen-bond acceptors (Lipinski definition) is 6. The molecule has 4 atom stereocenters. The summed E-state index contributed by atoms with van der Waals surface area (Å²) in [6.45, 7) is 5.30. The lowest BCUT2D eigenvalue weighted by molar-refractivity contribution is -0.145. The number of aliphatic hydroxyl groups excluding tert-OH is 1. The van der Waals surface area contributed by atoms with Crippen molar-refractivity contribution in [3.8, 4) is 5.75 Å². The Balaban J connectivity index is 2.29. The Morgan fingerprint density at radius 2 is 1.71 bits per heavy atom. The van der Waals surface area contributed by atoms with E-state index in [1.165, 1.54) is 25.1 Å². The summed E-state index contributed by atoms with van der Waals surface area (Å²) in [5.74, 6) is -2.41. The van der Waals surface area contributed by atoms with Gasteiger partial charge >= 0.3 is 5.97 Å². The van der Waals surface area contributed by atoms with Crippen LogP contribution in [0, 0.1) is 5.92 Å². The van der Waals surface area contributed by atoms with E-state index in [2.05, 4.69) is 10.6 Å². The molecule has 0 aliphatic heterocycles. The first-order chi connectivity index (χ1) is 16.5. The number of amides is 2. The van der Waals surface area contributed by atoms with Gasteiger partial charge in [-0.25, -0.2) is 4.79 Å². The summed E-state index contributed by atoms with van der Waals surface area (Å²) in [6.07, 6.45) is -1.25. The molecule has 0 saturated heterocycles. The summed E-state index contributed by atoms with van der Waals surface area (Å²) in [4.78, 5) is 37.6. The minimum absolute atomic E-state index is 0.0898. The molecule has 0 unspecified atom stereocenters. The number of rotatable bonds is 12. The second-order valence-corrected chi connectivity index (χ2v) is 9.08. The van der Waals surface area contributed by atoms with E-state index in [-0.39, 0.29) is 36.3 Å². The average molecular weight is 506 g/mol. The summed E-state index contributed by atoms with van der Waals surface area (Å²) < 4.78 is 5.77. The van der Waals surface area contributed by atoms with Gasteiger partial charge in [0.2, 0.25) is 5.91 Å². The van der Waals surface area contributed by atoms with Crippen LogP contribution in [0.1, 0.15) is 36.7 Å². The quantitative estimate of drug-likeness (QED) is 0.296. The molecule has 0 bridgehead atoms. The molecule has 2 amide bonds. The SMILES string of the molecule is CC(C)[C@H](N)COc1cc(Cl)ccc1C(=O)N[C@@H](Cc1ccccc1)C(=O)N[C@H](C(=O)O)[C@@H](C)O. The normalized spacial score (nSPS) is 14.5. The number of halogens is 1. The van der Waals surface area contributed by atoms with E-state index in [4.69, 9.17) is 22.1 Å². The summed E-state index contributed by atoms with van der Waals surface area (Å²) in [6, 6.07) is 10.5. The highest BCUT2D eigenvalue weighted by Crippen LogP contribution is 2.24. The number of carboxylic acids is 1. The van der Waals surface area contributed by atoms with Crippen molar-refractivity contribution < 1.29 is 29.3 Å². The molecule has 2 aromatic carbocycles. The predicted molar refractivity (Wildman–Crippen MR) is 132 cm³/mol. The minimum atomic E-state index is -1.54.